The maximum atomic E-state index is 9.94. The first-order chi connectivity index (χ1) is 9.72. The highest BCUT2D eigenvalue weighted by Crippen LogP contribution is 2.37. The molecule has 0 unspecified atom stereocenters. The van der Waals surface area contributed by atoms with Crippen LogP contribution in [0.1, 0.15) is 16.7 Å². The fraction of sp³-hybridized carbons (Fsp3) is 0.250. The van der Waals surface area contributed by atoms with Crippen LogP contribution in [-0.2, 0) is 13.1 Å². The van der Waals surface area contributed by atoms with Crippen LogP contribution in [0.25, 0.3) is 0 Å². The van der Waals surface area contributed by atoms with E-state index in [-0.39, 0.29) is 12.5 Å². The minimum atomic E-state index is 0.217. The molecule has 1 aliphatic rings. The van der Waals surface area contributed by atoms with Crippen LogP contribution < -0.4 is 14.8 Å². The van der Waals surface area contributed by atoms with Gasteiger partial charge in [0, 0.05) is 24.7 Å². The minimum Gasteiger partial charge on any atom is -0.507 e. The normalized spacial score (nSPS) is 12.7. The van der Waals surface area contributed by atoms with Crippen LogP contribution in [0.5, 0.6) is 17.2 Å². The maximum Gasteiger partial charge on any atom is 0.231 e. The molecular formula is C16H17NO3. The standard InChI is InChI=1S/C16H17NO3/c1-11-3-2-4-12(5-11)8-17-9-13-6-15-16(7-14(13)18)20-10-19-15/h2-7,17-18H,8-10H2,1H3. The Kier molecular flexibility index (Phi) is 3.48. The molecule has 4 nitrogen and oxygen atoms in total. The van der Waals surface area contributed by atoms with Crippen LogP contribution in [0.2, 0.25) is 0 Å². The molecule has 104 valence electrons. The van der Waals surface area contributed by atoms with Crippen molar-refractivity contribution >= 4 is 0 Å². The number of fused-ring (bicyclic) bond motifs is 1. The number of ether oxygens (including phenoxy) is 2. The molecule has 1 aliphatic heterocycles. The molecule has 0 aromatic heterocycles. The second-order valence-electron chi connectivity index (χ2n) is 4.93. The molecule has 0 bridgehead atoms. The zero-order valence-electron chi connectivity index (χ0n) is 11.3. The molecule has 0 amide bonds. The first-order valence-corrected chi connectivity index (χ1v) is 6.60. The van der Waals surface area contributed by atoms with Gasteiger partial charge in [-0.25, -0.2) is 0 Å². The highest BCUT2D eigenvalue weighted by Gasteiger charge is 2.16. The molecule has 20 heavy (non-hydrogen) atoms. The Morgan fingerprint density at radius 1 is 1.10 bits per heavy atom. The van der Waals surface area contributed by atoms with E-state index in [1.807, 2.05) is 12.1 Å². The monoisotopic (exact) mass is 271 g/mol. The molecule has 3 rings (SSSR count). The maximum absolute atomic E-state index is 9.94. The summed E-state index contributed by atoms with van der Waals surface area (Å²) in [7, 11) is 0. The first-order valence-electron chi connectivity index (χ1n) is 6.60. The van der Waals surface area contributed by atoms with Crippen molar-refractivity contribution in [3.05, 3.63) is 53.1 Å². The zero-order valence-corrected chi connectivity index (χ0v) is 11.3. The van der Waals surface area contributed by atoms with Gasteiger partial charge >= 0.3 is 0 Å². The molecule has 2 aromatic carbocycles. The molecule has 0 atom stereocenters. The summed E-state index contributed by atoms with van der Waals surface area (Å²) in [4.78, 5) is 0. The predicted molar refractivity (Wildman–Crippen MR) is 76.0 cm³/mol. The Bertz CT molecular complexity index is 625. The van der Waals surface area contributed by atoms with Crippen LogP contribution >= 0.6 is 0 Å². The smallest absolute Gasteiger partial charge is 0.231 e. The SMILES string of the molecule is Cc1cccc(CNCc2cc3c(cc2O)OCO3)c1. The van der Waals surface area contributed by atoms with E-state index >= 15 is 0 Å². The summed E-state index contributed by atoms with van der Waals surface area (Å²) < 4.78 is 10.5. The van der Waals surface area contributed by atoms with Crippen LogP contribution in [0.15, 0.2) is 36.4 Å². The van der Waals surface area contributed by atoms with Gasteiger partial charge in [0.05, 0.1) is 0 Å². The van der Waals surface area contributed by atoms with Crippen molar-refractivity contribution in [1.82, 2.24) is 5.32 Å². The Balaban J connectivity index is 1.64. The van der Waals surface area contributed by atoms with Gasteiger partial charge in [0.15, 0.2) is 11.5 Å². The lowest BCUT2D eigenvalue weighted by Gasteiger charge is -2.08. The lowest BCUT2D eigenvalue weighted by atomic mass is 10.1. The zero-order chi connectivity index (χ0) is 13.9. The highest BCUT2D eigenvalue weighted by atomic mass is 16.7. The van der Waals surface area contributed by atoms with Crippen molar-refractivity contribution in [3.63, 3.8) is 0 Å². The fourth-order valence-corrected chi connectivity index (χ4v) is 2.28. The molecule has 1 heterocycles. The summed E-state index contributed by atoms with van der Waals surface area (Å²) in [6.07, 6.45) is 0. The van der Waals surface area contributed by atoms with Gasteiger partial charge in [-0.2, -0.15) is 0 Å². The third-order valence-corrected chi connectivity index (χ3v) is 3.30. The molecule has 2 aromatic rings. The van der Waals surface area contributed by atoms with E-state index in [1.54, 1.807) is 6.07 Å². The Labute approximate surface area is 118 Å². The van der Waals surface area contributed by atoms with Crippen LogP contribution in [0.3, 0.4) is 0 Å². The number of rotatable bonds is 4. The second-order valence-corrected chi connectivity index (χ2v) is 4.93. The van der Waals surface area contributed by atoms with Crippen molar-refractivity contribution in [3.8, 4) is 17.2 Å². The summed E-state index contributed by atoms with van der Waals surface area (Å²) in [6, 6.07) is 11.8. The summed E-state index contributed by atoms with van der Waals surface area (Å²) in [5.74, 6) is 1.52. The average Bonchev–Trinajstić information content (AvgIpc) is 2.86. The van der Waals surface area contributed by atoms with Gasteiger partial charge in [-0.05, 0) is 18.6 Å². The number of phenols is 1. The molecule has 0 fully saturated rings. The van der Waals surface area contributed by atoms with Crippen molar-refractivity contribution < 1.29 is 14.6 Å². The van der Waals surface area contributed by atoms with Crippen molar-refractivity contribution in [1.29, 1.82) is 0 Å². The third kappa shape index (κ3) is 2.70. The third-order valence-electron chi connectivity index (χ3n) is 3.30. The van der Waals surface area contributed by atoms with Crippen LogP contribution in [0.4, 0.5) is 0 Å². The molecule has 2 N–H and O–H groups in total. The first kappa shape index (κ1) is 12.8. The Morgan fingerprint density at radius 2 is 1.90 bits per heavy atom. The van der Waals surface area contributed by atoms with Gasteiger partial charge in [-0.3, -0.25) is 0 Å². The lowest BCUT2D eigenvalue weighted by molar-refractivity contribution is 0.174. The second kappa shape index (κ2) is 5.43. The predicted octanol–water partition coefficient (Wildman–Crippen LogP) is 2.72. The Hall–Kier alpha value is -2.20. The number of phenolic OH excluding ortho intramolecular Hbond substituents is 1. The number of hydrogen-bond donors (Lipinski definition) is 2. The van der Waals surface area contributed by atoms with Crippen LogP contribution in [-0.4, -0.2) is 11.9 Å². The fourth-order valence-electron chi connectivity index (χ4n) is 2.28. The van der Waals surface area contributed by atoms with E-state index in [0.717, 1.165) is 12.1 Å². The summed E-state index contributed by atoms with van der Waals surface area (Å²) >= 11 is 0. The summed E-state index contributed by atoms with van der Waals surface area (Å²) in [6.45, 7) is 3.63. The topological polar surface area (TPSA) is 50.7 Å². The molecule has 0 radical (unpaired) electrons. The Morgan fingerprint density at radius 3 is 2.70 bits per heavy atom. The van der Waals surface area contributed by atoms with Gasteiger partial charge < -0.3 is 19.9 Å². The van der Waals surface area contributed by atoms with Crippen molar-refractivity contribution in [2.45, 2.75) is 20.0 Å². The average molecular weight is 271 g/mol. The van der Waals surface area contributed by atoms with E-state index in [4.69, 9.17) is 9.47 Å². The van der Waals surface area contributed by atoms with Gasteiger partial charge in [0.1, 0.15) is 5.75 Å². The molecule has 0 saturated heterocycles. The minimum absolute atomic E-state index is 0.217. The quantitative estimate of drug-likeness (QED) is 0.897. The van der Waals surface area contributed by atoms with E-state index in [0.29, 0.717) is 18.0 Å². The van der Waals surface area contributed by atoms with Gasteiger partial charge in [-0.1, -0.05) is 29.8 Å². The molecule has 0 saturated carbocycles. The van der Waals surface area contributed by atoms with Gasteiger partial charge in [-0.15, -0.1) is 0 Å². The number of nitrogens with one attached hydrogen (secondary N) is 1. The van der Waals surface area contributed by atoms with E-state index in [2.05, 4.69) is 30.4 Å². The van der Waals surface area contributed by atoms with Gasteiger partial charge in [0.2, 0.25) is 6.79 Å². The summed E-state index contributed by atoms with van der Waals surface area (Å²) in [5.41, 5.74) is 3.28. The van der Waals surface area contributed by atoms with Crippen molar-refractivity contribution in [2.24, 2.45) is 0 Å². The number of aryl methyl sites for hydroxylation is 1. The molecule has 0 spiro atoms. The van der Waals surface area contributed by atoms with E-state index in [9.17, 15) is 5.11 Å². The number of hydrogen-bond acceptors (Lipinski definition) is 4. The van der Waals surface area contributed by atoms with E-state index < -0.39 is 0 Å². The van der Waals surface area contributed by atoms with Crippen LogP contribution in [0, 0.1) is 6.92 Å². The lowest BCUT2D eigenvalue weighted by Crippen LogP contribution is -2.12. The highest BCUT2D eigenvalue weighted by molar-refractivity contribution is 5.51. The molecule has 4 heteroatoms. The number of aromatic hydroxyl groups is 1. The van der Waals surface area contributed by atoms with Crippen molar-refractivity contribution in [2.75, 3.05) is 6.79 Å². The molecular weight excluding hydrogens is 254 g/mol. The molecule has 0 aliphatic carbocycles. The van der Waals surface area contributed by atoms with Gasteiger partial charge in [0.25, 0.3) is 0 Å². The van der Waals surface area contributed by atoms with E-state index in [1.165, 1.54) is 11.1 Å². The number of benzene rings is 2. The largest absolute Gasteiger partial charge is 0.507 e. The summed E-state index contributed by atoms with van der Waals surface area (Å²) in [5, 5.41) is 13.3.